The van der Waals surface area contributed by atoms with E-state index in [-0.39, 0.29) is 5.41 Å². The summed E-state index contributed by atoms with van der Waals surface area (Å²) in [7, 11) is 0. The number of fused-ring (bicyclic) bond motifs is 5. The van der Waals surface area contributed by atoms with Gasteiger partial charge in [-0.1, -0.05) is 90.3 Å². The molecule has 0 heterocycles. The quantitative estimate of drug-likeness (QED) is 0.148. The number of rotatable bonds is 12. The van der Waals surface area contributed by atoms with Crippen molar-refractivity contribution in [3.05, 3.63) is 113 Å². The van der Waals surface area contributed by atoms with Crippen LogP contribution < -0.4 is 15.2 Å². The number of nitrogens with two attached hydrogens (primary N) is 1. The molecule has 7 rings (SSSR count). The van der Waals surface area contributed by atoms with Gasteiger partial charge in [0.25, 0.3) is 0 Å². The summed E-state index contributed by atoms with van der Waals surface area (Å²) in [6.45, 7) is 18.9. The third-order valence-corrected chi connectivity index (χ3v) is 15.8. The van der Waals surface area contributed by atoms with Gasteiger partial charge in [-0.25, -0.2) is 0 Å². The van der Waals surface area contributed by atoms with Crippen molar-refractivity contribution in [1.82, 2.24) is 0 Å². The number of ether oxygens (including phenoxy) is 2. The molecule has 0 spiro atoms. The van der Waals surface area contributed by atoms with Crippen LogP contribution in [0.1, 0.15) is 142 Å². The molecule has 3 aromatic carbocycles. The van der Waals surface area contributed by atoms with Gasteiger partial charge in [-0.15, -0.1) is 0 Å². The Bertz CT molecular complexity index is 1850. The number of aryl methyl sites for hydroxylation is 1. The first-order chi connectivity index (χ1) is 26.3. The molecule has 55 heavy (non-hydrogen) atoms. The molecule has 0 aromatic heterocycles. The minimum Gasteiger partial charge on any atom is -0.458 e. The molecule has 3 aromatic rings. The van der Waals surface area contributed by atoms with Crippen LogP contribution in [0.3, 0.4) is 0 Å². The molecule has 9 atom stereocenters. The second-order valence-electron chi connectivity index (χ2n) is 19.6. The molecule has 3 nitrogen and oxygen atoms in total. The van der Waals surface area contributed by atoms with E-state index >= 15 is 0 Å². The smallest absolute Gasteiger partial charge is 0.127 e. The zero-order chi connectivity index (χ0) is 39.0. The molecule has 9 unspecified atom stereocenters. The molecule has 2 N–H and O–H groups in total. The van der Waals surface area contributed by atoms with Gasteiger partial charge in [-0.3, -0.25) is 0 Å². The third-order valence-electron chi connectivity index (χ3n) is 15.8. The lowest BCUT2D eigenvalue weighted by Crippen LogP contribution is -2.55. The molecule has 4 saturated carbocycles. The van der Waals surface area contributed by atoms with E-state index in [1.54, 1.807) is 0 Å². The molecule has 4 aliphatic carbocycles. The van der Waals surface area contributed by atoms with Crippen LogP contribution in [-0.2, 0) is 5.41 Å². The third kappa shape index (κ3) is 7.93. The van der Waals surface area contributed by atoms with Crippen LogP contribution in [0.4, 0.5) is 0 Å². The molecule has 4 aliphatic rings. The highest BCUT2D eigenvalue weighted by molar-refractivity contribution is 5.47. The van der Waals surface area contributed by atoms with Crippen molar-refractivity contribution < 1.29 is 9.47 Å². The van der Waals surface area contributed by atoms with Crippen molar-refractivity contribution in [2.45, 2.75) is 138 Å². The molecule has 0 saturated heterocycles. The second kappa shape index (κ2) is 16.2. The van der Waals surface area contributed by atoms with E-state index in [9.17, 15) is 0 Å². The maximum absolute atomic E-state index is 6.55. The number of allylic oxidation sites excluding steroid dienone is 3. The molecule has 0 radical (unpaired) electrons. The Morgan fingerprint density at radius 2 is 1.45 bits per heavy atom. The van der Waals surface area contributed by atoms with E-state index in [0.29, 0.717) is 16.7 Å². The van der Waals surface area contributed by atoms with Crippen molar-refractivity contribution in [1.29, 1.82) is 0 Å². The SMILES string of the molecule is C/C=C(\C=C(/C)N)Oc1cccc(C2(c3cccc(Oc4cccc(C)c4)c3)CCC3(C)C(CCC4C3CCC3(C)C(C(C)CCCC(C)C)CCC43)C2)c1. The van der Waals surface area contributed by atoms with E-state index < -0.39 is 0 Å². The molecule has 4 fully saturated rings. The Hall–Kier alpha value is -3.46. The van der Waals surface area contributed by atoms with Crippen molar-refractivity contribution in [3.63, 3.8) is 0 Å². The predicted molar refractivity (Wildman–Crippen MR) is 230 cm³/mol. The summed E-state index contributed by atoms with van der Waals surface area (Å²) >= 11 is 0. The van der Waals surface area contributed by atoms with Gasteiger partial charge in [0.1, 0.15) is 23.0 Å². The van der Waals surface area contributed by atoms with Crippen LogP contribution in [-0.4, -0.2) is 0 Å². The van der Waals surface area contributed by atoms with Crippen LogP contribution in [0.2, 0.25) is 0 Å². The maximum Gasteiger partial charge on any atom is 0.127 e. The Kier molecular flexibility index (Phi) is 11.7. The molecule has 0 aliphatic heterocycles. The van der Waals surface area contributed by atoms with E-state index in [4.69, 9.17) is 15.2 Å². The summed E-state index contributed by atoms with van der Waals surface area (Å²) in [4.78, 5) is 0. The van der Waals surface area contributed by atoms with Gasteiger partial charge in [0, 0.05) is 11.1 Å². The van der Waals surface area contributed by atoms with Crippen molar-refractivity contribution in [3.8, 4) is 17.2 Å². The highest BCUT2D eigenvalue weighted by atomic mass is 16.5. The summed E-state index contributed by atoms with van der Waals surface area (Å²) in [5, 5.41) is 0. The number of hydrogen-bond donors (Lipinski definition) is 1. The topological polar surface area (TPSA) is 44.5 Å². The Morgan fingerprint density at radius 1 is 0.782 bits per heavy atom. The first-order valence-electron chi connectivity index (χ1n) is 22.1. The summed E-state index contributed by atoms with van der Waals surface area (Å²) in [5.74, 6) is 9.35. The fourth-order valence-electron chi connectivity index (χ4n) is 13.0. The minimum atomic E-state index is -0.134. The van der Waals surface area contributed by atoms with Gasteiger partial charge >= 0.3 is 0 Å². The second-order valence-corrected chi connectivity index (χ2v) is 19.6. The van der Waals surface area contributed by atoms with Crippen molar-refractivity contribution in [2.24, 2.45) is 58.0 Å². The molecule has 0 amide bonds. The molecular weight excluding hydrogens is 671 g/mol. The molecule has 3 heteroatoms. The maximum atomic E-state index is 6.55. The largest absolute Gasteiger partial charge is 0.458 e. The lowest BCUT2D eigenvalue weighted by Gasteiger charge is -2.63. The van der Waals surface area contributed by atoms with Gasteiger partial charge < -0.3 is 15.2 Å². The normalized spacial score (nSPS) is 32.7. The minimum absolute atomic E-state index is 0.134. The lowest BCUT2D eigenvalue weighted by atomic mass is 9.42. The average Bonchev–Trinajstić information content (AvgIpc) is 3.51. The predicted octanol–water partition coefficient (Wildman–Crippen LogP) is 14.3. The monoisotopic (exact) mass is 742 g/mol. The Morgan fingerprint density at radius 3 is 2.15 bits per heavy atom. The highest BCUT2D eigenvalue weighted by Crippen LogP contribution is 2.70. The standard InChI is InChI=1S/C52H71NO2/c1-9-42(31-38(6)53)54-44-20-12-17-39(32-44)52(40-18-13-21-45(33-40)55-43-19-11-15-36(4)30-43)29-28-50(7)41(34-52)22-23-46-48-25-24-47(37(5)16-10-14-35(2)3)51(48,8)27-26-49(46)50/h9,11-13,15,17-21,30-33,35,37,41,46-49H,10,14,16,22-29,34,53H2,1-8H3/b38-31+,42-9+. The van der Waals surface area contributed by atoms with Gasteiger partial charge in [0.05, 0.1) is 0 Å². The van der Waals surface area contributed by atoms with E-state index in [1.807, 2.05) is 26.0 Å². The number of hydrogen-bond acceptors (Lipinski definition) is 3. The Balaban J connectivity index is 1.19. The van der Waals surface area contributed by atoms with E-state index in [2.05, 4.69) is 114 Å². The fraction of sp³-hybridized carbons (Fsp3) is 0.577. The zero-order valence-electron chi connectivity index (χ0n) is 35.5. The van der Waals surface area contributed by atoms with Crippen LogP contribution >= 0.6 is 0 Å². The average molecular weight is 742 g/mol. The van der Waals surface area contributed by atoms with Crippen molar-refractivity contribution >= 4 is 0 Å². The fourth-order valence-corrected chi connectivity index (χ4v) is 13.0. The molecule has 0 bridgehead atoms. The van der Waals surface area contributed by atoms with Crippen LogP contribution in [0.25, 0.3) is 0 Å². The zero-order valence-corrected chi connectivity index (χ0v) is 35.5. The lowest BCUT2D eigenvalue weighted by molar-refractivity contribution is -0.122. The highest BCUT2D eigenvalue weighted by Gasteiger charge is 2.62. The van der Waals surface area contributed by atoms with Gasteiger partial charge in [-0.05, 0) is 196 Å². The summed E-state index contributed by atoms with van der Waals surface area (Å²) in [5.41, 5.74) is 11.5. The number of benzene rings is 3. The first kappa shape index (κ1) is 39.8. The Labute approximate surface area is 334 Å². The van der Waals surface area contributed by atoms with Crippen LogP contribution in [0, 0.1) is 59.2 Å². The summed E-state index contributed by atoms with van der Waals surface area (Å²) in [6.07, 6.45) is 20.2. The summed E-state index contributed by atoms with van der Waals surface area (Å²) < 4.78 is 13.0. The van der Waals surface area contributed by atoms with Gasteiger partial charge in [0.15, 0.2) is 0 Å². The molecule has 296 valence electrons. The first-order valence-corrected chi connectivity index (χ1v) is 22.1. The van der Waals surface area contributed by atoms with Crippen LogP contribution in [0.5, 0.6) is 17.2 Å². The van der Waals surface area contributed by atoms with E-state index in [0.717, 1.165) is 70.6 Å². The van der Waals surface area contributed by atoms with Crippen LogP contribution in [0.15, 0.2) is 96.4 Å². The van der Waals surface area contributed by atoms with Gasteiger partial charge in [0.2, 0.25) is 0 Å². The van der Waals surface area contributed by atoms with Crippen molar-refractivity contribution in [2.75, 3.05) is 0 Å². The van der Waals surface area contributed by atoms with E-state index in [1.165, 1.54) is 87.3 Å². The van der Waals surface area contributed by atoms with Gasteiger partial charge in [-0.2, -0.15) is 0 Å². The molecular formula is C52H71NO2. The summed E-state index contributed by atoms with van der Waals surface area (Å²) in [6, 6.07) is 26.4.